The fourth-order valence-corrected chi connectivity index (χ4v) is 7.86. The lowest BCUT2D eigenvalue weighted by Gasteiger charge is -2.23. The highest BCUT2D eigenvalue weighted by atomic mass is 32.2. The highest BCUT2D eigenvalue weighted by Gasteiger charge is 2.24. The van der Waals surface area contributed by atoms with Crippen molar-refractivity contribution in [2.75, 3.05) is 60.7 Å². The molecule has 6 aromatic rings. The van der Waals surface area contributed by atoms with E-state index in [4.69, 9.17) is 9.47 Å². The lowest BCUT2D eigenvalue weighted by Crippen LogP contribution is -2.34. The summed E-state index contributed by atoms with van der Waals surface area (Å²) in [6.07, 6.45) is 1.62. The van der Waals surface area contributed by atoms with Crippen LogP contribution >= 0.6 is 0 Å². The van der Waals surface area contributed by atoms with Gasteiger partial charge in [0.25, 0.3) is 20.2 Å². The third kappa shape index (κ3) is 10.9. The van der Waals surface area contributed by atoms with Crippen LogP contribution in [0.3, 0.4) is 0 Å². The zero-order chi connectivity index (χ0) is 43.1. The van der Waals surface area contributed by atoms with Crippen LogP contribution in [0.1, 0.15) is 35.0 Å². The zero-order valence-corrected chi connectivity index (χ0v) is 34.3. The Bertz CT molecular complexity index is 2600. The van der Waals surface area contributed by atoms with E-state index in [1.165, 1.54) is 48.6 Å². The van der Waals surface area contributed by atoms with Crippen LogP contribution in [0, 0.1) is 0 Å². The lowest BCUT2D eigenvalue weighted by molar-refractivity contribution is 0.0221. The molecule has 2 unspecified atom stereocenters. The molecule has 4 aromatic carbocycles. The average Bonchev–Trinajstić information content (AvgIpc) is 3.27. The van der Waals surface area contributed by atoms with E-state index in [-0.39, 0.29) is 46.3 Å². The Morgan fingerprint density at radius 3 is 1.23 bits per heavy atom. The molecule has 2 saturated heterocycles. The fourth-order valence-electron chi connectivity index (χ4n) is 6.44. The normalized spacial score (nSPS) is 17.1. The second-order valence-corrected chi connectivity index (χ2v) is 16.6. The molecule has 22 heteroatoms. The molecule has 62 heavy (non-hydrogen) atoms. The predicted molar refractivity (Wildman–Crippen MR) is 230 cm³/mol. The first kappa shape index (κ1) is 42.2. The molecule has 4 heterocycles. The smallest absolute Gasteiger partial charge is 0.295 e. The summed E-state index contributed by atoms with van der Waals surface area (Å²) in [5.41, 5.74) is 1.84. The minimum absolute atomic E-state index is 0.00145. The molecule has 0 radical (unpaired) electrons. The second kappa shape index (κ2) is 18.6. The molecule has 20 nitrogen and oxygen atoms in total. The summed E-state index contributed by atoms with van der Waals surface area (Å²) in [6.45, 7) is 3.17. The van der Waals surface area contributed by atoms with E-state index in [1.54, 1.807) is 0 Å². The van der Waals surface area contributed by atoms with Crippen LogP contribution in [0.4, 0.5) is 46.5 Å². The van der Waals surface area contributed by atoms with Gasteiger partial charge in [-0.2, -0.15) is 46.7 Å². The summed E-state index contributed by atoms with van der Waals surface area (Å²) >= 11 is 0. The minimum atomic E-state index is -4.84. The monoisotopic (exact) mass is 880 g/mol. The van der Waals surface area contributed by atoms with Crippen LogP contribution in [-0.2, 0) is 29.7 Å². The molecular formula is C40H40N12O8S2. The van der Waals surface area contributed by atoms with Gasteiger partial charge in [0.2, 0.25) is 23.8 Å². The van der Waals surface area contributed by atoms with Crippen LogP contribution in [0.2, 0.25) is 0 Å². The third-order valence-electron chi connectivity index (χ3n) is 9.33. The Morgan fingerprint density at radius 2 is 0.887 bits per heavy atom. The standard InChI is InChI=1S/C40H40N12O8S2/c53-61(54,55)33-21-29(45-39-49-35(31-23-41-17-19-59-31)47-37(51-39)43-27-7-3-1-4-8-27)15-13-25(33)11-12-26-14-16-30(22-34(26)62(56,57)58)46-40-50-36(32-24-42-18-20-60-32)48-38(52-40)44-28-9-5-2-6-10-28/h1-16,21-22,31-32,41-42H,17-20,23-24H2,(H,53,54,55)(H,56,57,58)(H2,43,45,47,49,51)(H2,44,46,48,50,52). The Balaban J connectivity index is 1.06. The number of aromatic nitrogens is 6. The number of hydrogen-bond acceptors (Lipinski definition) is 18. The van der Waals surface area contributed by atoms with Gasteiger partial charge in [0.15, 0.2) is 11.6 Å². The molecule has 320 valence electrons. The number of ether oxygens (including phenoxy) is 2. The first-order chi connectivity index (χ1) is 29.9. The molecule has 0 spiro atoms. The number of morpholine rings is 2. The molecule has 0 amide bonds. The SMILES string of the molecule is O=S(=O)(O)c1cc(Nc2nc(Nc3ccccc3)nc(C3CNCCO3)n2)ccc1C=Cc1ccc(Nc2nc(Nc3ccccc3)nc(C3CNCCO3)n2)cc1S(=O)(=O)O. The molecule has 2 aliphatic rings. The van der Waals surface area contributed by atoms with Gasteiger partial charge in [-0.15, -0.1) is 0 Å². The van der Waals surface area contributed by atoms with E-state index >= 15 is 0 Å². The first-order valence-corrected chi connectivity index (χ1v) is 22.1. The van der Waals surface area contributed by atoms with Gasteiger partial charge >= 0.3 is 0 Å². The van der Waals surface area contributed by atoms with Crippen molar-refractivity contribution in [1.29, 1.82) is 0 Å². The third-order valence-corrected chi connectivity index (χ3v) is 11.2. The van der Waals surface area contributed by atoms with E-state index in [2.05, 4.69) is 61.8 Å². The molecule has 0 aliphatic carbocycles. The van der Waals surface area contributed by atoms with Crippen LogP contribution in [-0.4, -0.2) is 95.2 Å². The van der Waals surface area contributed by atoms with Gasteiger partial charge in [-0.25, -0.2) is 0 Å². The van der Waals surface area contributed by atoms with Crippen LogP contribution in [0.5, 0.6) is 0 Å². The van der Waals surface area contributed by atoms with Gasteiger partial charge in [0, 0.05) is 48.9 Å². The number of nitrogens with zero attached hydrogens (tertiary/aromatic N) is 6. The van der Waals surface area contributed by atoms with Gasteiger partial charge in [0.1, 0.15) is 22.0 Å². The van der Waals surface area contributed by atoms with Crippen LogP contribution in [0.25, 0.3) is 12.2 Å². The highest BCUT2D eigenvalue weighted by molar-refractivity contribution is 7.86. The van der Waals surface area contributed by atoms with Crippen molar-refractivity contribution in [3.63, 3.8) is 0 Å². The maximum atomic E-state index is 12.7. The molecule has 2 atom stereocenters. The van der Waals surface area contributed by atoms with Gasteiger partial charge in [-0.1, -0.05) is 60.7 Å². The van der Waals surface area contributed by atoms with Gasteiger partial charge in [-0.3, -0.25) is 9.11 Å². The number of anilines is 8. The average molecular weight is 881 g/mol. The number of rotatable bonds is 14. The molecule has 2 fully saturated rings. The predicted octanol–water partition coefficient (Wildman–Crippen LogP) is 5.02. The summed E-state index contributed by atoms with van der Waals surface area (Å²) in [5.74, 6) is 1.20. The minimum Gasteiger partial charge on any atom is -0.368 e. The number of nitrogens with one attached hydrogen (secondary N) is 6. The molecule has 2 aromatic heterocycles. The van der Waals surface area contributed by atoms with Gasteiger partial charge < -0.3 is 41.4 Å². The summed E-state index contributed by atoms with van der Waals surface area (Å²) in [5, 5.41) is 18.7. The van der Waals surface area contributed by atoms with Crippen molar-refractivity contribution < 1.29 is 35.4 Å². The summed E-state index contributed by atoms with van der Waals surface area (Å²) in [7, 11) is -9.68. The molecule has 8 N–H and O–H groups in total. The van der Waals surface area contributed by atoms with Gasteiger partial charge in [0.05, 0.1) is 13.2 Å². The molecule has 0 saturated carbocycles. The Kier molecular flexibility index (Phi) is 12.7. The molecule has 2 aliphatic heterocycles. The number of para-hydroxylation sites is 2. The summed E-state index contributed by atoms with van der Waals surface area (Å²) < 4.78 is 83.2. The van der Waals surface area contributed by atoms with Crippen molar-refractivity contribution in [1.82, 2.24) is 40.5 Å². The van der Waals surface area contributed by atoms with Crippen LogP contribution in [0.15, 0.2) is 107 Å². The molecular weight excluding hydrogens is 841 g/mol. The van der Waals surface area contributed by atoms with Crippen LogP contribution < -0.4 is 31.9 Å². The number of hydrogen-bond donors (Lipinski definition) is 8. The second-order valence-electron chi connectivity index (χ2n) is 13.8. The summed E-state index contributed by atoms with van der Waals surface area (Å²) in [4.78, 5) is 26.0. The fraction of sp³-hybridized carbons (Fsp3) is 0.200. The largest absolute Gasteiger partial charge is 0.368 e. The van der Waals surface area contributed by atoms with Crippen molar-refractivity contribution in [3.8, 4) is 0 Å². The van der Waals surface area contributed by atoms with Crippen molar-refractivity contribution in [2.24, 2.45) is 0 Å². The van der Waals surface area contributed by atoms with Crippen molar-refractivity contribution >= 4 is 78.9 Å². The summed E-state index contributed by atoms with van der Waals surface area (Å²) in [6, 6.07) is 26.7. The first-order valence-electron chi connectivity index (χ1n) is 19.2. The maximum Gasteiger partial charge on any atom is 0.295 e. The van der Waals surface area contributed by atoms with Crippen molar-refractivity contribution in [3.05, 3.63) is 120 Å². The van der Waals surface area contributed by atoms with E-state index in [9.17, 15) is 25.9 Å². The Hall–Kier alpha value is -6.50. The number of benzene rings is 4. The van der Waals surface area contributed by atoms with E-state index in [0.717, 1.165) is 11.4 Å². The highest BCUT2D eigenvalue weighted by Crippen LogP contribution is 2.29. The zero-order valence-electron chi connectivity index (χ0n) is 32.6. The topological polar surface area (TPSA) is 277 Å². The Labute approximate surface area is 356 Å². The van der Waals surface area contributed by atoms with E-state index in [0.29, 0.717) is 51.0 Å². The lowest BCUT2D eigenvalue weighted by atomic mass is 10.1. The molecule has 8 rings (SSSR count). The quantitative estimate of drug-likeness (QED) is 0.0527. The maximum absolute atomic E-state index is 12.7. The Morgan fingerprint density at radius 1 is 0.516 bits per heavy atom. The molecule has 0 bridgehead atoms. The van der Waals surface area contributed by atoms with Gasteiger partial charge in [-0.05, 0) is 59.7 Å². The van der Waals surface area contributed by atoms with E-state index < -0.39 is 42.2 Å². The van der Waals surface area contributed by atoms with E-state index in [1.807, 2.05) is 60.7 Å². The van der Waals surface area contributed by atoms with Crippen molar-refractivity contribution in [2.45, 2.75) is 22.0 Å².